The molecule has 16 heavy (non-hydrogen) atoms. The van der Waals surface area contributed by atoms with Gasteiger partial charge >= 0.3 is 20.8 Å². The van der Waals surface area contributed by atoms with Gasteiger partial charge in [0.25, 0.3) is 0 Å². The first-order valence-corrected chi connectivity index (χ1v) is 6.31. The molecule has 0 aliphatic heterocycles. The molecular weight excluding hydrogens is 264 g/mol. The molecule has 0 fully saturated rings. The highest BCUT2D eigenvalue weighted by molar-refractivity contribution is 7.81. The Morgan fingerprint density at radius 1 is 0.875 bits per heavy atom. The second kappa shape index (κ2) is 8.38. The Hall–Kier alpha value is -0.780. The van der Waals surface area contributed by atoms with Gasteiger partial charge in [-0.3, -0.25) is 9.11 Å². The molecule has 0 amide bonds. The summed E-state index contributed by atoms with van der Waals surface area (Å²) in [4.78, 5) is 0. The average Bonchev–Trinajstić information content (AvgIpc) is 2.10. The van der Waals surface area contributed by atoms with E-state index in [0.29, 0.717) is 0 Å². The van der Waals surface area contributed by atoms with Gasteiger partial charge in [0, 0.05) is 0 Å². The number of hydrogen-bond donors (Lipinski definition) is 2. The van der Waals surface area contributed by atoms with Crippen LogP contribution >= 0.6 is 0 Å². The quantitative estimate of drug-likeness (QED) is 0.512. The van der Waals surface area contributed by atoms with E-state index in [2.05, 4.69) is 21.5 Å². The Kier molecular flexibility index (Phi) is 9.22. The maximum atomic E-state index is 9.68. The molecule has 0 atom stereocenters. The summed E-state index contributed by atoms with van der Waals surface area (Å²) in [6, 6.07) is 0. The average molecular weight is 276 g/mol. The molecule has 96 valence electrons. The molecule has 8 nitrogen and oxygen atoms in total. The van der Waals surface area contributed by atoms with E-state index in [0.717, 1.165) is 0 Å². The molecule has 0 aromatic heterocycles. The summed E-state index contributed by atoms with van der Waals surface area (Å²) in [7, 11) is -8.52. The van der Waals surface area contributed by atoms with Gasteiger partial charge in [-0.05, 0) is 0 Å². The van der Waals surface area contributed by atoms with Crippen molar-refractivity contribution in [2.75, 3.05) is 13.2 Å². The van der Waals surface area contributed by atoms with E-state index in [4.69, 9.17) is 9.11 Å². The highest BCUT2D eigenvalue weighted by atomic mass is 32.3. The second-order valence-corrected chi connectivity index (χ2v) is 4.18. The van der Waals surface area contributed by atoms with Crippen LogP contribution in [0.15, 0.2) is 25.3 Å². The molecule has 0 spiro atoms. The third kappa shape index (κ3) is 23.2. The van der Waals surface area contributed by atoms with E-state index in [1.165, 1.54) is 12.2 Å². The minimum Gasteiger partial charge on any atom is -0.264 e. The minimum atomic E-state index is -4.26. The highest BCUT2D eigenvalue weighted by Crippen LogP contribution is 1.83. The Morgan fingerprint density at radius 2 is 1.12 bits per heavy atom. The molecule has 0 radical (unpaired) electrons. The van der Waals surface area contributed by atoms with Crippen LogP contribution < -0.4 is 0 Å². The van der Waals surface area contributed by atoms with E-state index in [-0.39, 0.29) is 13.2 Å². The van der Waals surface area contributed by atoms with Gasteiger partial charge < -0.3 is 0 Å². The summed E-state index contributed by atoms with van der Waals surface area (Å²) in [6.07, 6.45) is 2.43. The predicted octanol–water partition coefficient (Wildman–Crippen LogP) is -0.0164. The van der Waals surface area contributed by atoms with Crippen LogP contribution in [0.4, 0.5) is 0 Å². The van der Waals surface area contributed by atoms with Gasteiger partial charge in [0.15, 0.2) is 0 Å². The van der Waals surface area contributed by atoms with Crippen LogP contribution in [0.25, 0.3) is 0 Å². The van der Waals surface area contributed by atoms with Crippen LogP contribution in [-0.4, -0.2) is 39.2 Å². The number of hydrogen-bond acceptors (Lipinski definition) is 6. The summed E-state index contributed by atoms with van der Waals surface area (Å²) in [5.41, 5.74) is 0. The van der Waals surface area contributed by atoms with Gasteiger partial charge in [0.2, 0.25) is 0 Å². The first-order chi connectivity index (χ1) is 7.12. The summed E-state index contributed by atoms with van der Waals surface area (Å²) < 4.78 is 62.0. The van der Waals surface area contributed by atoms with Gasteiger partial charge in [-0.1, -0.05) is 12.2 Å². The van der Waals surface area contributed by atoms with Crippen molar-refractivity contribution in [2.24, 2.45) is 0 Å². The standard InChI is InChI=1S/2C3H6O4S/c2*1-2-3-7-8(4,5)6/h2*2H,1,3H2,(H,4,5,6). The van der Waals surface area contributed by atoms with Crippen molar-refractivity contribution in [2.45, 2.75) is 0 Å². The van der Waals surface area contributed by atoms with E-state index < -0.39 is 20.8 Å². The molecule has 0 rings (SSSR count). The maximum Gasteiger partial charge on any atom is 0.397 e. The second-order valence-electron chi connectivity index (χ2n) is 2.00. The first kappa shape index (κ1) is 17.6. The molecule has 0 bridgehead atoms. The Balaban J connectivity index is 0. The molecule has 0 aliphatic carbocycles. The largest absolute Gasteiger partial charge is 0.397 e. The Labute approximate surface area is 94.1 Å². The smallest absolute Gasteiger partial charge is 0.264 e. The summed E-state index contributed by atoms with van der Waals surface area (Å²) in [5.74, 6) is 0. The highest BCUT2D eigenvalue weighted by Gasteiger charge is 1.99. The van der Waals surface area contributed by atoms with Crippen LogP contribution in [-0.2, 0) is 29.2 Å². The lowest BCUT2D eigenvalue weighted by molar-refractivity contribution is 0.295. The van der Waals surface area contributed by atoms with Gasteiger partial charge in [-0.2, -0.15) is 16.8 Å². The molecule has 0 aliphatic rings. The van der Waals surface area contributed by atoms with E-state index >= 15 is 0 Å². The van der Waals surface area contributed by atoms with Crippen molar-refractivity contribution in [3.8, 4) is 0 Å². The zero-order valence-electron chi connectivity index (χ0n) is 8.14. The minimum absolute atomic E-state index is 0.196. The summed E-state index contributed by atoms with van der Waals surface area (Å²) in [6.45, 7) is 5.94. The zero-order valence-corrected chi connectivity index (χ0v) is 9.78. The van der Waals surface area contributed by atoms with Crippen LogP contribution in [0.3, 0.4) is 0 Å². The normalized spacial score (nSPS) is 11.1. The lowest BCUT2D eigenvalue weighted by Gasteiger charge is -1.90. The fourth-order valence-corrected chi connectivity index (χ4v) is 0.805. The van der Waals surface area contributed by atoms with Crippen LogP contribution in [0.5, 0.6) is 0 Å². The molecule has 0 saturated carbocycles. The molecule has 2 N–H and O–H groups in total. The number of rotatable bonds is 6. The molecular formula is C6H12O8S2. The molecule has 0 aromatic carbocycles. The molecule has 0 aromatic rings. The monoisotopic (exact) mass is 276 g/mol. The summed E-state index contributed by atoms with van der Waals surface area (Å²) in [5, 5.41) is 0. The fraction of sp³-hybridized carbons (Fsp3) is 0.333. The fourth-order valence-electron chi connectivity index (χ4n) is 0.268. The van der Waals surface area contributed by atoms with E-state index in [9.17, 15) is 16.8 Å². The van der Waals surface area contributed by atoms with Crippen molar-refractivity contribution in [1.29, 1.82) is 0 Å². The first-order valence-electron chi connectivity index (χ1n) is 3.58. The molecule has 0 heterocycles. The lowest BCUT2D eigenvalue weighted by Crippen LogP contribution is -2.02. The van der Waals surface area contributed by atoms with Gasteiger partial charge in [-0.25, -0.2) is 8.37 Å². The molecule has 0 saturated heterocycles. The SMILES string of the molecule is C=CCOS(=O)(=O)O.C=CCOS(=O)(=O)O. The lowest BCUT2D eigenvalue weighted by atomic mass is 10.7. The van der Waals surface area contributed by atoms with Crippen LogP contribution in [0.1, 0.15) is 0 Å². The Bertz CT molecular complexity index is 352. The summed E-state index contributed by atoms with van der Waals surface area (Å²) >= 11 is 0. The van der Waals surface area contributed by atoms with Gasteiger partial charge in [0.05, 0.1) is 13.2 Å². The predicted molar refractivity (Wildman–Crippen MR) is 55.4 cm³/mol. The van der Waals surface area contributed by atoms with Crippen LogP contribution in [0, 0.1) is 0 Å². The van der Waals surface area contributed by atoms with Crippen molar-refractivity contribution < 1.29 is 34.3 Å². The maximum absolute atomic E-state index is 9.68. The zero-order chi connectivity index (χ0) is 13.2. The van der Waals surface area contributed by atoms with Crippen LogP contribution in [0.2, 0.25) is 0 Å². The van der Waals surface area contributed by atoms with Crippen molar-refractivity contribution in [1.82, 2.24) is 0 Å². The van der Waals surface area contributed by atoms with Gasteiger partial charge in [-0.15, -0.1) is 13.2 Å². The molecule has 10 heteroatoms. The molecule has 0 unspecified atom stereocenters. The van der Waals surface area contributed by atoms with Crippen molar-refractivity contribution >= 4 is 20.8 Å². The topological polar surface area (TPSA) is 127 Å². The third-order valence-electron chi connectivity index (χ3n) is 0.670. The third-order valence-corrected chi connectivity index (χ3v) is 1.54. The Morgan fingerprint density at radius 3 is 1.19 bits per heavy atom. The van der Waals surface area contributed by atoms with Crippen molar-refractivity contribution in [3.05, 3.63) is 25.3 Å². The van der Waals surface area contributed by atoms with E-state index in [1.807, 2.05) is 0 Å². The van der Waals surface area contributed by atoms with Crippen molar-refractivity contribution in [3.63, 3.8) is 0 Å². The van der Waals surface area contributed by atoms with E-state index in [1.54, 1.807) is 0 Å². The van der Waals surface area contributed by atoms with Gasteiger partial charge in [0.1, 0.15) is 0 Å².